The molecule has 0 aromatic rings. The number of amides is 2. The smallest absolute Gasteiger partial charge is 0.327 e. The van der Waals surface area contributed by atoms with Crippen molar-refractivity contribution in [2.75, 3.05) is 18.8 Å². The number of nitrogens with zero attached hydrogens (tertiary/aromatic N) is 1. The lowest BCUT2D eigenvalue weighted by molar-refractivity contribution is -0.143. The van der Waals surface area contributed by atoms with Gasteiger partial charge in [0, 0.05) is 12.3 Å². The van der Waals surface area contributed by atoms with Crippen LogP contribution in [0.4, 0.5) is 0 Å². The Bertz CT molecular complexity index is 435. The van der Waals surface area contributed by atoms with Crippen LogP contribution < -0.4 is 16.8 Å². The third-order valence-electron chi connectivity index (χ3n) is 3.92. The number of carboxylic acids is 1. The molecule has 1 saturated heterocycles. The van der Waals surface area contributed by atoms with Crippen LogP contribution in [-0.4, -0.2) is 64.8 Å². The number of likely N-dealkylation sites (tertiary alicyclic amines) is 1. The molecular formula is C14H26N4O4S. The molecule has 6 N–H and O–H groups in total. The summed E-state index contributed by atoms with van der Waals surface area (Å²) in [7, 11) is 0. The van der Waals surface area contributed by atoms with Crippen LogP contribution in [0.5, 0.6) is 0 Å². The van der Waals surface area contributed by atoms with E-state index in [1.54, 1.807) is 0 Å². The summed E-state index contributed by atoms with van der Waals surface area (Å²) < 4.78 is 0. The van der Waals surface area contributed by atoms with Gasteiger partial charge in [0.2, 0.25) is 11.8 Å². The molecule has 0 saturated carbocycles. The second-order valence-electron chi connectivity index (χ2n) is 5.66. The molecule has 0 aromatic carbocycles. The average Bonchev–Trinajstić information content (AvgIpc) is 3.00. The normalized spacial score (nSPS) is 20.1. The summed E-state index contributed by atoms with van der Waals surface area (Å²) in [6.45, 7) is 1.01. The molecule has 1 heterocycles. The van der Waals surface area contributed by atoms with Crippen molar-refractivity contribution < 1.29 is 19.5 Å². The van der Waals surface area contributed by atoms with E-state index in [1.807, 2.05) is 0 Å². The Morgan fingerprint density at radius 1 is 1.35 bits per heavy atom. The molecule has 2 amide bonds. The van der Waals surface area contributed by atoms with E-state index in [0.717, 1.165) is 12.8 Å². The monoisotopic (exact) mass is 346 g/mol. The van der Waals surface area contributed by atoms with Crippen molar-refractivity contribution >= 4 is 30.4 Å². The molecule has 3 unspecified atom stereocenters. The second kappa shape index (κ2) is 9.74. The predicted molar refractivity (Wildman–Crippen MR) is 89.0 cm³/mol. The Kier molecular flexibility index (Phi) is 8.35. The van der Waals surface area contributed by atoms with Gasteiger partial charge in [-0.25, -0.2) is 4.79 Å². The first-order chi connectivity index (χ1) is 10.9. The van der Waals surface area contributed by atoms with Crippen LogP contribution in [0, 0.1) is 0 Å². The quantitative estimate of drug-likeness (QED) is 0.266. The number of aliphatic carboxylic acids is 1. The average molecular weight is 346 g/mol. The Hall–Kier alpha value is -1.32. The zero-order valence-electron chi connectivity index (χ0n) is 13.1. The van der Waals surface area contributed by atoms with E-state index < -0.39 is 30.0 Å². The van der Waals surface area contributed by atoms with Gasteiger partial charge in [-0.05, 0) is 32.2 Å². The summed E-state index contributed by atoms with van der Waals surface area (Å²) in [5.74, 6) is -1.90. The van der Waals surface area contributed by atoms with Crippen LogP contribution in [0.25, 0.3) is 0 Å². The van der Waals surface area contributed by atoms with Crippen molar-refractivity contribution in [1.29, 1.82) is 0 Å². The first kappa shape index (κ1) is 19.7. The van der Waals surface area contributed by atoms with Crippen molar-refractivity contribution in [2.45, 2.75) is 50.2 Å². The van der Waals surface area contributed by atoms with E-state index >= 15 is 0 Å². The Morgan fingerprint density at radius 2 is 2.04 bits per heavy atom. The summed E-state index contributed by atoms with van der Waals surface area (Å²) in [4.78, 5) is 37.1. The van der Waals surface area contributed by atoms with E-state index in [2.05, 4.69) is 17.9 Å². The van der Waals surface area contributed by atoms with Gasteiger partial charge in [0.1, 0.15) is 12.1 Å². The zero-order valence-corrected chi connectivity index (χ0v) is 14.0. The molecule has 1 fully saturated rings. The molecule has 0 radical (unpaired) electrons. The Balaban J connectivity index is 2.63. The van der Waals surface area contributed by atoms with Gasteiger partial charge in [0.15, 0.2) is 0 Å². The number of unbranched alkanes of at least 4 members (excludes halogenated alkanes) is 1. The molecule has 8 nitrogen and oxygen atoms in total. The van der Waals surface area contributed by atoms with Crippen LogP contribution in [0.1, 0.15) is 32.1 Å². The van der Waals surface area contributed by atoms with Gasteiger partial charge in [0.25, 0.3) is 0 Å². The van der Waals surface area contributed by atoms with Gasteiger partial charge in [-0.2, -0.15) is 12.6 Å². The largest absolute Gasteiger partial charge is 0.480 e. The summed E-state index contributed by atoms with van der Waals surface area (Å²) in [6, 6.07) is -2.39. The second-order valence-corrected chi connectivity index (χ2v) is 6.03. The zero-order chi connectivity index (χ0) is 17.4. The summed E-state index contributed by atoms with van der Waals surface area (Å²) >= 11 is 3.91. The maximum atomic E-state index is 12.4. The minimum absolute atomic E-state index is 0.0135. The number of carbonyl (C=O) groups excluding carboxylic acids is 2. The number of carbonyl (C=O) groups is 3. The first-order valence-electron chi connectivity index (χ1n) is 7.82. The van der Waals surface area contributed by atoms with Crippen molar-refractivity contribution in [3.63, 3.8) is 0 Å². The van der Waals surface area contributed by atoms with Crippen LogP contribution in [-0.2, 0) is 14.4 Å². The SMILES string of the molecule is NCCCCC(N)C(=O)N1CCCC1C(=O)NC(CS)C(=O)O. The highest BCUT2D eigenvalue weighted by atomic mass is 32.1. The minimum atomic E-state index is -1.15. The van der Waals surface area contributed by atoms with Gasteiger partial charge in [0.05, 0.1) is 6.04 Å². The van der Waals surface area contributed by atoms with E-state index in [9.17, 15) is 14.4 Å². The van der Waals surface area contributed by atoms with Crippen molar-refractivity contribution in [3.05, 3.63) is 0 Å². The molecular weight excluding hydrogens is 320 g/mol. The Labute approximate surface area is 141 Å². The van der Waals surface area contributed by atoms with E-state index in [1.165, 1.54) is 4.90 Å². The molecule has 0 bridgehead atoms. The van der Waals surface area contributed by atoms with Gasteiger partial charge in [-0.15, -0.1) is 0 Å². The molecule has 1 rings (SSSR count). The van der Waals surface area contributed by atoms with Gasteiger partial charge < -0.3 is 26.8 Å². The highest BCUT2D eigenvalue weighted by Gasteiger charge is 2.37. The highest BCUT2D eigenvalue weighted by molar-refractivity contribution is 7.80. The summed E-state index contributed by atoms with van der Waals surface area (Å²) in [5, 5.41) is 11.4. The lowest BCUT2D eigenvalue weighted by atomic mass is 10.1. The topological polar surface area (TPSA) is 139 Å². The molecule has 1 aliphatic rings. The van der Waals surface area contributed by atoms with Crippen molar-refractivity contribution in [2.24, 2.45) is 11.5 Å². The standard InChI is InChI=1S/C14H26N4O4S/c15-6-2-1-4-9(16)13(20)18-7-3-5-11(18)12(19)17-10(8-23)14(21)22/h9-11,23H,1-8,15-16H2,(H,17,19)(H,21,22). The van der Waals surface area contributed by atoms with Gasteiger partial charge in [-0.1, -0.05) is 6.42 Å². The van der Waals surface area contributed by atoms with E-state index in [-0.39, 0.29) is 11.7 Å². The number of nitrogens with one attached hydrogen (secondary N) is 1. The fourth-order valence-electron chi connectivity index (χ4n) is 2.60. The number of carboxylic acid groups (broad SMARTS) is 1. The molecule has 0 aliphatic carbocycles. The summed E-state index contributed by atoms with van der Waals surface area (Å²) in [5.41, 5.74) is 11.3. The van der Waals surface area contributed by atoms with Crippen molar-refractivity contribution in [3.8, 4) is 0 Å². The van der Waals surface area contributed by atoms with Crippen LogP contribution in [0.15, 0.2) is 0 Å². The molecule has 23 heavy (non-hydrogen) atoms. The number of nitrogens with two attached hydrogens (primary N) is 2. The summed E-state index contributed by atoms with van der Waals surface area (Å²) in [6.07, 6.45) is 3.28. The molecule has 0 spiro atoms. The number of rotatable bonds is 9. The van der Waals surface area contributed by atoms with E-state index in [0.29, 0.717) is 32.4 Å². The fourth-order valence-corrected chi connectivity index (χ4v) is 2.85. The molecule has 132 valence electrons. The predicted octanol–water partition coefficient (Wildman–Crippen LogP) is -1.07. The Morgan fingerprint density at radius 3 is 2.61 bits per heavy atom. The molecule has 0 aromatic heterocycles. The van der Waals surface area contributed by atoms with Gasteiger partial charge >= 0.3 is 5.97 Å². The maximum Gasteiger partial charge on any atom is 0.327 e. The third-order valence-corrected chi connectivity index (χ3v) is 4.29. The molecule has 1 aliphatic heterocycles. The molecule has 3 atom stereocenters. The highest BCUT2D eigenvalue weighted by Crippen LogP contribution is 2.19. The fraction of sp³-hybridized carbons (Fsp3) is 0.786. The number of hydrogen-bond donors (Lipinski definition) is 5. The van der Waals surface area contributed by atoms with Crippen LogP contribution in [0.2, 0.25) is 0 Å². The maximum absolute atomic E-state index is 12.4. The van der Waals surface area contributed by atoms with Crippen molar-refractivity contribution in [1.82, 2.24) is 10.2 Å². The molecule has 9 heteroatoms. The lowest BCUT2D eigenvalue weighted by Gasteiger charge is -2.27. The lowest BCUT2D eigenvalue weighted by Crippen LogP contribution is -2.54. The third kappa shape index (κ3) is 5.67. The van der Waals surface area contributed by atoms with Crippen LogP contribution in [0.3, 0.4) is 0 Å². The minimum Gasteiger partial charge on any atom is -0.480 e. The number of thiol groups is 1. The number of hydrogen-bond acceptors (Lipinski definition) is 6. The van der Waals surface area contributed by atoms with E-state index in [4.69, 9.17) is 16.6 Å². The van der Waals surface area contributed by atoms with Crippen LogP contribution >= 0.6 is 12.6 Å². The van der Waals surface area contributed by atoms with Gasteiger partial charge in [-0.3, -0.25) is 9.59 Å². The first-order valence-corrected chi connectivity index (χ1v) is 8.45.